The van der Waals surface area contributed by atoms with Crippen LogP contribution >= 0.6 is 11.6 Å². The fourth-order valence-corrected chi connectivity index (χ4v) is 3.86. The van der Waals surface area contributed by atoms with Crippen LogP contribution in [0.3, 0.4) is 0 Å². The number of hydrogen-bond acceptors (Lipinski definition) is 4. The first-order chi connectivity index (χ1) is 14.5. The second-order valence-electron chi connectivity index (χ2n) is 7.18. The summed E-state index contributed by atoms with van der Waals surface area (Å²) in [5.41, 5.74) is 2.87. The third-order valence-corrected chi connectivity index (χ3v) is 5.48. The van der Waals surface area contributed by atoms with Crippen LogP contribution in [0.4, 0.5) is 0 Å². The molecule has 1 unspecified atom stereocenters. The molecule has 0 aliphatic carbocycles. The molecule has 1 aliphatic rings. The van der Waals surface area contributed by atoms with Gasteiger partial charge in [0, 0.05) is 29.5 Å². The van der Waals surface area contributed by atoms with Crippen molar-refractivity contribution in [2.24, 2.45) is 0 Å². The Morgan fingerprint density at radius 2 is 1.80 bits per heavy atom. The van der Waals surface area contributed by atoms with E-state index in [0.29, 0.717) is 16.1 Å². The van der Waals surface area contributed by atoms with Gasteiger partial charge in [-0.1, -0.05) is 65.7 Å². The Bertz CT molecular complexity index is 1140. The van der Waals surface area contributed by atoms with Crippen LogP contribution in [-0.2, 0) is 16.1 Å². The summed E-state index contributed by atoms with van der Waals surface area (Å²) in [5, 5.41) is 11.4. The van der Waals surface area contributed by atoms with Gasteiger partial charge < -0.3 is 10.0 Å². The molecule has 2 aromatic carbocycles. The van der Waals surface area contributed by atoms with Gasteiger partial charge in [-0.3, -0.25) is 14.6 Å². The number of ketones is 1. The van der Waals surface area contributed by atoms with Crippen LogP contribution in [0.1, 0.15) is 28.3 Å². The lowest BCUT2D eigenvalue weighted by Crippen LogP contribution is -2.29. The quantitative estimate of drug-likeness (QED) is 0.380. The first-order valence-electron chi connectivity index (χ1n) is 9.46. The number of pyridine rings is 1. The number of aryl methyl sites for hydroxylation is 1. The summed E-state index contributed by atoms with van der Waals surface area (Å²) in [4.78, 5) is 31.5. The second-order valence-corrected chi connectivity index (χ2v) is 7.58. The maximum absolute atomic E-state index is 13.0. The number of carbonyl (C=O) groups excluding carboxylic acids is 2. The number of carbonyl (C=O) groups is 2. The van der Waals surface area contributed by atoms with E-state index in [9.17, 15) is 14.7 Å². The highest BCUT2D eigenvalue weighted by Gasteiger charge is 2.46. The van der Waals surface area contributed by atoms with Crippen LogP contribution in [0, 0.1) is 6.92 Å². The molecule has 1 N–H and O–H groups in total. The highest BCUT2D eigenvalue weighted by molar-refractivity contribution is 6.46. The first-order valence-corrected chi connectivity index (χ1v) is 9.84. The van der Waals surface area contributed by atoms with Crippen molar-refractivity contribution in [3.8, 4) is 0 Å². The molecule has 0 radical (unpaired) electrons. The summed E-state index contributed by atoms with van der Waals surface area (Å²) in [5.74, 6) is -1.63. The van der Waals surface area contributed by atoms with Gasteiger partial charge in [0.1, 0.15) is 5.76 Å². The minimum atomic E-state index is -0.805. The number of Topliss-reactive ketones (excluding diaryl/α,β-unsaturated/α-hetero) is 1. The van der Waals surface area contributed by atoms with Crippen molar-refractivity contribution in [3.63, 3.8) is 0 Å². The predicted molar refractivity (Wildman–Crippen MR) is 115 cm³/mol. The van der Waals surface area contributed by atoms with E-state index in [1.807, 2.05) is 25.1 Å². The predicted octanol–water partition coefficient (Wildman–Crippen LogP) is 4.67. The lowest BCUT2D eigenvalue weighted by Gasteiger charge is -2.26. The molecule has 1 saturated heterocycles. The van der Waals surface area contributed by atoms with Crippen LogP contribution in [-0.4, -0.2) is 26.7 Å². The maximum atomic E-state index is 13.0. The van der Waals surface area contributed by atoms with Gasteiger partial charge in [-0.2, -0.15) is 0 Å². The Kier molecular flexibility index (Phi) is 5.38. The highest BCUT2D eigenvalue weighted by Crippen LogP contribution is 2.42. The number of halogens is 1. The van der Waals surface area contributed by atoms with Gasteiger partial charge in [0.25, 0.3) is 11.7 Å². The number of aromatic nitrogens is 1. The average molecular weight is 419 g/mol. The molecule has 30 heavy (non-hydrogen) atoms. The molecule has 1 amide bonds. The molecule has 4 rings (SSSR count). The minimum absolute atomic E-state index is 0.0286. The monoisotopic (exact) mass is 418 g/mol. The van der Waals surface area contributed by atoms with E-state index in [1.54, 1.807) is 54.9 Å². The number of aliphatic hydroxyl groups is 1. The van der Waals surface area contributed by atoms with Gasteiger partial charge in [0.15, 0.2) is 0 Å². The van der Waals surface area contributed by atoms with Gasteiger partial charge in [-0.15, -0.1) is 0 Å². The Hall–Kier alpha value is -3.44. The van der Waals surface area contributed by atoms with Crippen molar-refractivity contribution in [3.05, 3.63) is 106 Å². The van der Waals surface area contributed by atoms with Gasteiger partial charge >= 0.3 is 0 Å². The summed E-state index contributed by atoms with van der Waals surface area (Å²) in [6.45, 7) is 2.10. The Morgan fingerprint density at radius 3 is 2.47 bits per heavy atom. The SMILES string of the molecule is Cc1ccc(/C(O)=C2\C(=O)C(=O)N(Cc3cccnc3)C2c2ccccc2Cl)cc1. The van der Waals surface area contributed by atoms with Crippen LogP contribution in [0.5, 0.6) is 0 Å². The van der Waals surface area contributed by atoms with E-state index < -0.39 is 17.7 Å². The van der Waals surface area contributed by atoms with E-state index in [0.717, 1.165) is 11.1 Å². The van der Waals surface area contributed by atoms with Crippen LogP contribution < -0.4 is 0 Å². The number of amides is 1. The standard InChI is InChI=1S/C24H19ClN2O3/c1-15-8-10-17(11-9-15)22(28)20-21(18-6-2-3-7-19(18)25)27(24(30)23(20)29)14-16-5-4-12-26-13-16/h2-13,21,28H,14H2,1H3/b22-20+. The summed E-state index contributed by atoms with van der Waals surface area (Å²) in [7, 11) is 0. The zero-order valence-corrected chi connectivity index (χ0v) is 17.0. The summed E-state index contributed by atoms with van der Waals surface area (Å²) in [6, 6.07) is 16.9. The molecule has 1 aliphatic heterocycles. The lowest BCUT2D eigenvalue weighted by atomic mass is 9.95. The smallest absolute Gasteiger partial charge is 0.295 e. The summed E-state index contributed by atoms with van der Waals surface area (Å²) in [6.07, 6.45) is 3.28. The van der Waals surface area contributed by atoms with E-state index in [4.69, 9.17) is 11.6 Å². The van der Waals surface area contributed by atoms with E-state index in [-0.39, 0.29) is 17.9 Å². The molecule has 0 saturated carbocycles. The summed E-state index contributed by atoms with van der Waals surface area (Å²) < 4.78 is 0. The Balaban J connectivity index is 1.88. The molecular formula is C24H19ClN2O3. The van der Waals surface area contributed by atoms with Crippen molar-refractivity contribution in [2.45, 2.75) is 19.5 Å². The van der Waals surface area contributed by atoms with E-state index in [2.05, 4.69) is 4.98 Å². The van der Waals surface area contributed by atoms with Crippen LogP contribution in [0.2, 0.25) is 5.02 Å². The Labute approximate surface area is 179 Å². The molecule has 1 atom stereocenters. The fraction of sp³-hybridized carbons (Fsp3) is 0.125. The number of benzene rings is 2. The molecule has 150 valence electrons. The Morgan fingerprint density at radius 1 is 1.07 bits per heavy atom. The fourth-order valence-electron chi connectivity index (χ4n) is 3.62. The van der Waals surface area contributed by atoms with Crippen molar-refractivity contribution in [1.82, 2.24) is 9.88 Å². The average Bonchev–Trinajstić information content (AvgIpc) is 3.00. The van der Waals surface area contributed by atoms with Crippen molar-refractivity contribution >= 4 is 29.1 Å². The van der Waals surface area contributed by atoms with E-state index in [1.165, 1.54) is 4.90 Å². The highest BCUT2D eigenvalue weighted by atomic mass is 35.5. The molecule has 1 aromatic heterocycles. The van der Waals surface area contributed by atoms with Crippen LogP contribution in [0.25, 0.3) is 5.76 Å². The third kappa shape index (κ3) is 3.60. The molecule has 2 heterocycles. The van der Waals surface area contributed by atoms with E-state index >= 15 is 0 Å². The second kappa shape index (κ2) is 8.13. The molecule has 3 aromatic rings. The number of hydrogen-bond donors (Lipinski definition) is 1. The third-order valence-electron chi connectivity index (χ3n) is 5.14. The lowest BCUT2D eigenvalue weighted by molar-refractivity contribution is -0.140. The van der Waals surface area contributed by atoms with Crippen molar-refractivity contribution < 1.29 is 14.7 Å². The molecular weight excluding hydrogens is 400 g/mol. The zero-order chi connectivity index (χ0) is 21.3. The largest absolute Gasteiger partial charge is 0.507 e. The van der Waals surface area contributed by atoms with Gasteiger partial charge in [0.2, 0.25) is 0 Å². The van der Waals surface area contributed by atoms with Gasteiger partial charge in [0.05, 0.1) is 11.6 Å². The molecule has 0 bridgehead atoms. The molecule has 5 nitrogen and oxygen atoms in total. The van der Waals surface area contributed by atoms with Crippen molar-refractivity contribution in [1.29, 1.82) is 0 Å². The topological polar surface area (TPSA) is 70.5 Å². The van der Waals surface area contributed by atoms with Gasteiger partial charge in [-0.25, -0.2) is 0 Å². The summed E-state index contributed by atoms with van der Waals surface area (Å²) >= 11 is 6.44. The van der Waals surface area contributed by atoms with Crippen LogP contribution in [0.15, 0.2) is 78.6 Å². The molecule has 1 fully saturated rings. The number of likely N-dealkylation sites (tertiary alicyclic amines) is 1. The number of aliphatic hydroxyl groups excluding tert-OH is 1. The van der Waals surface area contributed by atoms with Gasteiger partial charge in [-0.05, 0) is 30.2 Å². The first kappa shape index (κ1) is 19.9. The number of rotatable bonds is 4. The molecule has 0 spiro atoms. The molecule has 6 heteroatoms. The van der Waals surface area contributed by atoms with Crippen molar-refractivity contribution in [2.75, 3.05) is 0 Å². The minimum Gasteiger partial charge on any atom is -0.507 e. The number of nitrogens with zero attached hydrogens (tertiary/aromatic N) is 2. The zero-order valence-electron chi connectivity index (χ0n) is 16.2. The maximum Gasteiger partial charge on any atom is 0.295 e. The normalized spacial score (nSPS) is 18.1.